The first kappa shape index (κ1) is 15.5. The molecule has 6 heteroatoms. The molecule has 1 aliphatic rings. The van der Waals surface area contributed by atoms with E-state index in [2.05, 4.69) is 10.6 Å². The van der Waals surface area contributed by atoms with E-state index < -0.39 is 0 Å². The number of hydrogen-bond acceptors (Lipinski definition) is 3. The molecular formula is C17H13ClN2O2S. The number of benzene rings is 2. The van der Waals surface area contributed by atoms with Gasteiger partial charge in [-0.3, -0.25) is 10.1 Å². The van der Waals surface area contributed by atoms with Gasteiger partial charge in [-0.05, 0) is 42.1 Å². The summed E-state index contributed by atoms with van der Waals surface area (Å²) in [7, 11) is 0. The van der Waals surface area contributed by atoms with Crippen LogP contribution in [0.25, 0.3) is 6.08 Å². The normalized spacial score (nSPS) is 15.4. The predicted molar refractivity (Wildman–Crippen MR) is 94.1 cm³/mol. The highest BCUT2D eigenvalue weighted by Crippen LogP contribution is 2.20. The standard InChI is InChI=1S/C17H13ClN2O2S/c18-14-7-2-1-5-12(14)10-22-13-6-3-4-11(8-13)9-15-16(21)20-17(23)19-15/h1-9H,10H2,(H2,19,20,21,23)/b15-9+. The summed E-state index contributed by atoms with van der Waals surface area (Å²) in [4.78, 5) is 11.6. The van der Waals surface area contributed by atoms with E-state index in [9.17, 15) is 4.79 Å². The molecule has 1 saturated heterocycles. The molecule has 1 amide bonds. The zero-order valence-corrected chi connectivity index (χ0v) is 13.6. The lowest BCUT2D eigenvalue weighted by Crippen LogP contribution is -2.21. The largest absolute Gasteiger partial charge is 0.489 e. The molecular weight excluding hydrogens is 332 g/mol. The highest BCUT2D eigenvalue weighted by atomic mass is 35.5. The van der Waals surface area contributed by atoms with Gasteiger partial charge in [-0.1, -0.05) is 41.9 Å². The molecule has 3 rings (SSSR count). The van der Waals surface area contributed by atoms with Crippen molar-refractivity contribution in [3.8, 4) is 5.75 Å². The van der Waals surface area contributed by atoms with Crippen LogP contribution in [-0.2, 0) is 11.4 Å². The molecule has 0 unspecified atom stereocenters. The molecule has 0 atom stereocenters. The highest BCUT2D eigenvalue weighted by Gasteiger charge is 2.19. The Balaban J connectivity index is 1.73. The third kappa shape index (κ3) is 3.88. The third-order valence-corrected chi connectivity index (χ3v) is 3.81. The molecule has 1 fully saturated rings. The van der Waals surface area contributed by atoms with Gasteiger partial charge in [-0.2, -0.15) is 0 Å². The van der Waals surface area contributed by atoms with Crippen molar-refractivity contribution < 1.29 is 9.53 Å². The second-order valence-corrected chi connectivity index (χ2v) is 5.73. The van der Waals surface area contributed by atoms with Crippen molar-refractivity contribution in [2.24, 2.45) is 0 Å². The number of hydrogen-bond donors (Lipinski definition) is 2. The van der Waals surface area contributed by atoms with Gasteiger partial charge in [0.1, 0.15) is 18.1 Å². The molecule has 0 spiro atoms. The van der Waals surface area contributed by atoms with E-state index in [0.717, 1.165) is 11.1 Å². The maximum atomic E-state index is 11.6. The summed E-state index contributed by atoms with van der Waals surface area (Å²) in [5, 5.41) is 6.32. The second kappa shape index (κ2) is 6.81. The van der Waals surface area contributed by atoms with Gasteiger partial charge in [0, 0.05) is 10.6 Å². The maximum Gasteiger partial charge on any atom is 0.273 e. The molecule has 0 radical (unpaired) electrons. The minimum atomic E-state index is -0.239. The van der Waals surface area contributed by atoms with Crippen molar-refractivity contribution in [1.29, 1.82) is 0 Å². The molecule has 2 aromatic carbocycles. The minimum Gasteiger partial charge on any atom is -0.489 e. The van der Waals surface area contributed by atoms with Crippen molar-refractivity contribution in [3.63, 3.8) is 0 Å². The van der Waals surface area contributed by atoms with Crippen LogP contribution in [0.4, 0.5) is 0 Å². The fourth-order valence-electron chi connectivity index (χ4n) is 2.12. The van der Waals surface area contributed by atoms with Crippen LogP contribution in [0.15, 0.2) is 54.2 Å². The predicted octanol–water partition coefficient (Wildman–Crippen LogP) is 3.26. The topological polar surface area (TPSA) is 50.4 Å². The zero-order valence-electron chi connectivity index (χ0n) is 12.0. The first-order valence-electron chi connectivity index (χ1n) is 6.92. The van der Waals surface area contributed by atoms with Crippen molar-refractivity contribution in [2.75, 3.05) is 0 Å². The quantitative estimate of drug-likeness (QED) is 0.660. The summed E-state index contributed by atoms with van der Waals surface area (Å²) in [5.41, 5.74) is 2.17. The first-order chi connectivity index (χ1) is 11.1. The molecule has 1 aliphatic heterocycles. The van der Waals surface area contributed by atoms with E-state index >= 15 is 0 Å². The lowest BCUT2D eigenvalue weighted by molar-refractivity contribution is -0.115. The van der Waals surface area contributed by atoms with Gasteiger partial charge < -0.3 is 10.1 Å². The summed E-state index contributed by atoms with van der Waals surface area (Å²) in [5.74, 6) is 0.456. The van der Waals surface area contributed by atoms with Crippen LogP contribution < -0.4 is 15.4 Å². The lowest BCUT2D eigenvalue weighted by atomic mass is 10.2. The Hall–Kier alpha value is -2.37. The Labute approximate surface area is 144 Å². The van der Waals surface area contributed by atoms with Crippen molar-refractivity contribution in [1.82, 2.24) is 10.6 Å². The minimum absolute atomic E-state index is 0.239. The van der Waals surface area contributed by atoms with Crippen LogP contribution in [-0.4, -0.2) is 11.0 Å². The van der Waals surface area contributed by atoms with Gasteiger partial charge >= 0.3 is 0 Å². The maximum absolute atomic E-state index is 11.6. The summed E-state index contributed by atoms with van der Waals surface area (Å²) in [6, 6.07) is 15.0. The van der Waals surface area contributed by atoms with E-state index in [1.165, 1.54) is 0 Å². The monoisotopic (exact) mass is 344 g/mol. The van der Waals surface area contributed by atoms with E-state index in [1.807, 2.05) is 48.5 Å². The lowest BCUT2D eigenvalue weighted by Gasteiger charge is -2.08. The van der Waals surface area contributed by atoms with Crippen molar-refractivity contribution >= 4 is 40.9 Å². The van der Waals surface area contributed by atoms with Gasteiger partial charge in [0.15, 0.2) is 5.11 Å². The van der Waals surface area contributed by atoms with E-state index in [0.29, 0.717) is 28.2 Å². The fourth-order valence-corrected chi connectivity index (χ4v) is 2.51. The van der Waals surface area contributed by atoms with Crippen LogP contribution in [0.1, 0.15) is 11.1 Å². The Morgan fingerprint density at radius 3 is 2.70 bits per heavy atom. The molecule has 2 aromatic rings. The number of halogens is 1. The zero-order chi connectivity index (χ0) is 16.2. The number of carbonyl (C=O) groups is 1. The van der Waals surface area contributed by atoms with Crippen LogP contribution in [0.5, 0.6) is 5.75 Å². The molecule has 0 saturated carbocycles. The van der Waals surface area contributed by atoms with E-state index in [4.69, 9.17) is 28.6 Å². The molecule has 2 N–H and O–H groups in total. The Bertz CT molecular complexity index is 805. The van der Waals surface area contributed by atoms with Gasteiger partial charge in [0.05, 0.1) is 0 Å². The summed E-state index contributed by atoms with van der Waals surface area (Å²) >= 11 is 11.0. The molecule has 4 nitrogen and oxygen atoms in total. The average molecular weight is 345 g/mol. The van der Waals surface area contributed by atoms with Crippen LogP contribution in [0.3, 0.4) is 0 Å². The average Bonchev–Trinajstić information content (AvgIpc) is 2.84. The van der Waals surface area contributed by atoms with Gasteiger partial charge in [-0.25, -0.2) is 0 Å². The summed E-state index contributed by atoms with van der Waals surface area (Å²) < 4.78 is 5.77. The van der Waals surface area contributed by atoms with E-state index in [1.54, 1.807) is 6.08 Å². The Morgan fingerprint density at radius 1 is 1.13 bits per heavy atom. The number of amides is 1. The number of nitrogens with one attached hydrogen (secondary N) is 2. The molecule has 116 valence electrons. The Kier molecular flexibility index (Phi) is 4.60. The smallest absolute Gasteiger partial charge is 0.273 e. The third-order valence-electron chi connectivity index (χ3n) is 3.24. The number of carbonyl (C=O) groups excluding carboxylic acids is 1. The summed E-state index contributed by atoms with van der Waals surface area (Å²) in [6.45, 7) is 0.378. The Morgan fingerprint density at radius 2 is 1.96 bits per heavy atom. The molecule has 23 heavy (non-hydrogen) atoms. The number of ether oxygens (including phenoxy) is 1. The molecule has 1 heterocycles. The number of thiocarbonyl (C=S) groups is 1. The SMILES string of the molecule is O=C1NC(=S)N/C1=C/c1cccc(OCc2ccccc2Cl)c1. The highest BCUT2D eigenvalue weighted by molar-refractivity contribution is 7.80. The summed E-state index contributed by atoms with van der Waals surface area (Å²) in [6.07, 6.45) is 1.72. The van der Waals surface area contributed by atoms with Gasteiger partial charge in [-0.15, -0.1) is 0 Å². The fraction of sp³-hybridized carbons (Fsp3) is 0.0588. The molecule has 0 aliphatic carbocycles. The molecule has 0 bridgehead atoms. The second-order valence-electron chi connectivity index (χ2n) is 4.92. The van der Waals surface area contributed by atoms with Crippen molar-refractivity contribution in [3.05, 3.63) is 70.4 Å². The first-order valence-corrected chi connectivity index (χ1v) is 7.71. The van der Waals surface area contributed by atoms with Gasteiger partial charge in [0.25, 0.3) is 5.91 Å². The van der Waals surface area contributed by atoms with Crippen molar-refractivity contribution in [2.45, 2.75) is 6.61 Å². The van der Waals surface area contributed by atoms with Crippen LogP contribution in [0.2, 0.25) is 5.02 Å². The van der Waals surface area contributed by atoms with E-state index in [-0.39, 0.29) is 5.91 Å². The molecule has 0 aromatic heterocycles. The van der Waals surface area contributed by atoms with Crippen LogP contribution >= 0.6 is 23.8 Å². The number of rotatable bonds is 4. The van der Waals surface area contributed by atoms with Crippen LogP contribution in [0, 0.1) is 0 Å². The van der Waals surface area contributed by atoms with Gasteiger partial charge in [0.2, 0.25) is 0 Å².